The van der Waals surface area contributed by atoms with Crippen molar-refractivity contribution in [2.75, 3.05) is 0 Å². The number of hydrogen-bond acceptors (Lipinski definition) is 3. The first-order valence-corrected chi connectivity index (χ1v) is 11.3. The van der Waals surface area contributed by atoms with Crippen molar-refractivity contribution in [1.82, 2.24) is 0 Å². The van der Waals surface area contributed by atoms with Crippen LogP contribution in [0.15, 0.2) is 78.9 Å². The number of phenols is 1. The highest BCUT2D eigenvalue weighted by Crippen LogP contribution is 2.50. The maximum Gasteiger partial charge on any atom is 0.279 e. The zero-order valence-electron chi connectivity index (χ0n) is 17.0. The highest BCUT2D eigenvalue weighted by molar-refractivity contribution is 7.68. The number of phenolic OH excluding ortho intramolecular Hbond substituents is 1. The normalized spacial score (nSPS) is 12.6. The Morgan fingerprint density at radius 1 is 0.821 bits per heavy atom. The lowest BCUT2D eigenvalue weighted by Crippen LogP contribution is -2.16. The Hall–Kier alpha value is -2.51. The van der Waals surface area contributed by atoms with Gasteiger partial charge < -0.3 is 9.63 Å². The van der Waals surface area contributed by atoms with Crippen molar-refractivity contribution in [3.63, 3.8) is 0 Å². The van der Waals surface area contributed by atoms with Crippen LogP contribution in [0.25, 0.3) is 11.1 Å². The smallest absolute Gasteiger partial charge is 0.279 e. The maximum absolute atomic E-state index is 13.4. The summed E-state index contributed by atoms with van der Waals surface area (Å²) < 4.78 is 19.4. The van der Waals surface area contributed by atoms with Gasteiger partial charge in [-0.2, -0.15) is 0 Å². The molecular weight excluding hydrogens is 367 g/mol. The van der Waals surface area contributed by atoms with Gasteiger partial charge in [0, 0.05) is 11.0 Å². The summed E-state index contributed by atoms with van der Waals surface area (Å²) in [5, 5.41) is 10.1. The van der Waals surface area contributed by atoms with Crippen molar-refractivity contribution in [2.24, 2.45) is 0 Å². The molecule has 0 spiro atoms. The second kappa shape index (κ2) is 10.1. The zero-order valence-corrected chi connectivity index (χ0v) is 17.9. The molecule has 0 radical (unpaired) electrons. The fourth-order valence-corrected chi connectivity index (χ4v) is 4.55. The van der Waals surface area contributed by atoms with E-state index in [2.05, 4.69) is 13.8 Å². The lowest BCUT2D eigenvalue weighted by molar-refractivity contribution is 0.475. The van der Waals surface area contributed by atoms with E-state index in [-0.39, 0.29) is 11.4 Å². The maximum atomic E-state index is 13.4. The lowest BCUT2D eigenvalue weighted by Gasteiger charge is -2.23. The summed E-state index contributed by atoms with van der Waals surface area (Å²) in [4.78, 5) is 0. The van der Waals surface area contributed by atoms with E-state index in [1.807, 2.05) is 80.6 Å². The topological polar surface area (TPSA) is 46.5 Å². The van der Waals surface area contributed by atoms with Gasteiger partial charge in [0.25, 0.3) is 7.37 Å². The van der Waals surface area contributed by atoms with Crippen LogP contribution in [0.1, 0.15) is 34.1 Å². The van der Waals surface area contributed by atoms with Gasteiger partial charge in [0.15, 0.2) is 0 Å². The standard InChI is InChI=1S/C21H21O3P.C3H8/c1-16(2)25(23,21-6-4-3-5-7-21)24-20-14-10-18(11-15-20)17-8-12-19(22)13-9-17;1-3-2/h3-16,22H,1-2H3;3H2,1-2H3. The van der Waals surface area contributed by atoms with E-state index in [1.54, 1.807) is 12.1 Å². The van der Waals surface area contributed by atoms with Gasteiger partial charge in [-0.05, 0) is 47.5 Å². The van der Waals surface area contributed by atoms with E-state index < -0.39 is 7.37 Å². The minimum atomic E-state index is -2.99. The molecule has 4 heteroatoms. The molecule has 0 fully saturated rings. The third-order valence-electron chi connectivity index (χ3n) is 4.09. The second-order valence-corrected chi connectivity index (χ2v) is 9.82. The fourth-order valence-electron chi connectivity index (χ4n) is 2.61. The minimum Gasteiger partial charge on any atom is -0.508 e. The van der Waals surface area contributed by atoms with Gasteiger partial charge >= 0.3 is 0 Å². The first-order valence-electron chi connectivity index (χ1n) is 9.65. The lowest BCUT2D eigenvalue weighted by atomic mass is 10.1. The average Bonchev–Trinajstić information content (AvgIpc) is 2.70. The van der Waals surface area contributed by atoms with Crippen LogP contribution < -0.4 is 9.83 Å². The van der Waals surface area contributed by atoms with Gasteiger partial charge in [-0.1, -0.05) is 76.6 Å². The van der Waals surface area contributed by atoms with Crippen molar-refractivity contribution in [2.45, 2.75) is 39.8 Å². The summed E-state index contributed by atoms with van der Waals surface area (Å²) in [7, 11) is -2.99. The number of benzene rings is 3. The van der Waals surface area contributed by atoms with E-state index in [0.717, 1.165) is 16.4 Å². The largest absolute Gasteiger partial charge is 0.508 e. The molecule has 1 atom stereocenters. The van der Waals surface area contributed by atoms with E-state index in [1.165, 1.54) is 6.42 Å². The van der Waals surface area contributed by atoms with E-state index in [4.69, 9.17) is 4.52 Å². The Balaban J connectivity index is 0.000000878. The summed E-state index contributed by atoms with van der Waals surface area (Å²) in [5.41, 5.74) is 1.89. The molecular formula is C24H29O3P. The highest BCUT2D eigenvalue weighted by Gasteiger charge is 2.31. The molecule has 28 heavy (non-hydrogen) atoms. The van der Waals surface area contributed by atoms with E-state index in [0.29, 0.717) is 5.75 Å². The fraction of sp³-hybridized carbons (Fsp3) is 0.250. The van der Waals surface area contributed by atoms with Crippen LogP contribution in [0.4, 0.5) is 0 Å². The van der Waals surface area contributed by atoms with Crippen molar-refractivity contribution in [3.8, 4) is 22.6 Å². The van der Waals surface area contributed by atoms with Crippen LogP contribution in [0.3, 0.4) is 0 Å². The third kappa shape index (κ3) is 5.50. The molecule has 0 aliphatic carbocycles. The molecule has 0 saturated carbocycles. The zero-order chi connectivity index (χ0) is 20.6. The Morgan fingerprint density at radius 2 is 1.29 bits per heavy atom. The van der Waals surface area contributed by atoms with Crippen molar-refractivity contribution >= 4 is 12.7 Å². The van der Waals surface area contributed by atoms with E-state index >= 15 is 0 Å². The molecule has 3 aromatic carbocycles. The predicted octanol–water partition coefficient (Wildman–Crippen LogP) is 6.87. The molecule has 0 aliphatic rings. The molecule has 1 unspecified atom stereocenters. The molecule has 0 heterocycles. The second-order valence-electron chi connectivity index (χ2n) is 6.90. The van der Waals surface area contributed by atoms with Gasteiger partial charge in [-0.25, -0.2) is 0 Å². The Kier molecular flexibility index (Phi) is 7.90. The van der Waals surface area contributed by atoms with Gasteiger partial charge in [0.2, 0.25) is 0 Å². The average molecular weight is 396 g/mol. The van der Waals surface area contributed by atoms with Gasteiger partial charge in [0.05, 0.1) is 0 Å². The monoisotopic (exact) mass is 396 g/mol. The van der Waals surface area contributed by atoms with E-state index in [9.17, 15) is 9.67 Å². The SMILES string of the molecule is CC(C)P(=O)(Oc1ccc(-c2ccc(O)cc2)cc1)c1ccccc1.CCC. The molecule has 0 aromatic heterocycles. The van der Waals surface area contributed by atoms with Gasteiger partial charge in [-0.3, -0.25) is 4.57 Å². The molecule has 3 aromatic rings. The summed E-state index contributed by atoms with van der Waals surface area (Å²) in [6.45, 7) is 8.08. The molecule has 1 N–H and O–H groups in total. The van der Waals surface area contributed by atoms with Crippen molar-refractivity contribution in [3.05, 3.63) is 78.9 Å². The van der Waals surface area contributed by atoms with Crippen molar-refractivity contribution < 1.29 is 14.2 Å². The highest BCUT2D eigenvalue weighted by atomic mass is 31.2. The third-order valence-corrected chi connectivity index (χ3v) is 6.95. The van der Waals surface area contributed by atoms with Crippen LogP contribution in [0.2, 0.25) is 0 Å². The molecule has 0 saturated heterocycles. The summed E-state index contributed by atoms with van der Waals surface area (Å²) >= 11 is 0. The molecule has 3 rings (SSSR count). The van der Waals surface area contributed by atoms with Crippen molar-refractivity contribution in [1.29, 1.82) is 0 Å². The van der Waals surface area contributed by atoms with Crippen LogP contribution in [0.5, 0.6) is 11.5 Å². The first kappa shape index (κ1) is 21.8. The Bertz CT molecular complexity index is 885. The van der Waals surface area contributed by atoms with Crippen LogP contribution in [-0.4, -0.2) is 10.8 Å². The summed E-state index contributed by atoms with van der Waals surface area (Å²) in [6.07, 6.45) is 1.25. The number of aromatic hydroxyl groups is 1. The summed E-state index contributed by atoms with van der Waals surface area (Å²) in [6, 6.07) is 23.9. The predicted molar refractivity (Wildman–Crippen MR) is 119 cm³/mol. The minimum absolute atomic E-state index is 0.119. The quantitative estimate of drug-likeness (QED) is 0.479. The summed E-state index contributed by atoms with van der Waals surface area (Å²) in [5.74, 6) is 0.827. The molecule has 0 aliphatic heterocycles. The first-order chi connectivity index (χ1) is 13.4. The molecule has 3 nitrogen and oxygen atoms in total. The van der Waals surface area contributed by atoms with Crippen LogP contribution in [-0.2, 0) is 4.57 Å². The van der Waals surface area contributed by atoms with Crippen LogP contribution in [0, 0.1) is 0 Å². The molecule has 148 valence electrons. The van der Waals surface area contributed by atoms with Gasteiger partial charge in [0.1, 0.15) is 11.5 Å². The number of hydrogen-bond donors (Lipinski definition) is 1. The molecule has 0 bridgehead atoms. The number of rotatable bonds is 5. The Labute approximate surface area is 168 Å². The molecule has 0 amide bonds. The van der Waals surface area contributed by atoms with Crippen LogP contribution >= 0.6 is 7.37 Å². The van der Waals surface area contributed by atoms with Gasteiger partial charge in [-0.15, -0.1) is 0 Å². The Morgan fingerprint density at radius 3 is 1.75 bits per heavy atom.